The van der Waals surface area contributed by atoms with Gasteiger partial charge in [-0.1, -0.05) is 25.0 Å². The molecule has 4 rings (SSSR count). The first-order valence-corrected chi connectivity index (χ1v) is 10.1. The van der Waals surface area contributed by atoms with Crippen molar-refractivity contribution in [2.75, 3.05) is 18.0 Å². The number of carbonyl (C=O) groups is 1. The highest BCUT2D eigenvalue weighted by molar-refractivity contribution is 5.85. The molecule has 2 N–H and O–H groups in total. The molecule has 3 fully saturated rings. The molecular weight excluding hydrogens is 381 g/mol. The van der Waals surface area contributed by atoms with Gasteiger partial charge in [-0.25, -0.2) is 0 Å². The number of carbonyl (C=O) groups excluding carboxylic acids is 1. The van der Waals surface area contributed by atoms with Crippen LogP contribution in [0.25, 0.3) is 0 Å². The number of nitrogens with zero attached hydrogens (tertiary/aromatic N) is 1. The number of rotatable bonds is 4. The van der Waals surface area contributed by atoms with Gasteiger partial charge in [0.2, 0.25) is 5.91 Å². The van der Waals surface area contributed by atoms with E-state index >= 15 is 0 Å². The van der Waals surface area contributed by atoms with E-state index in [0.29, 0.717) is 12.0 Å². The van der Waals surface area contributed by atoms with Crippen LogP contribution in [0.3, 0.4) is 0 Å². The summed E-state index contributed by atoms with van der Waals surface area (Å²) in [5, 5.41) is 6.83. The fourth-order valence-corrected chi connectivity index (χ4v) is 4.88. The Balaban J connectivity index is 0.00000131. The number of hydrogen-bond acceptors (Lipinski definition) is 3. The lowest BCUT2D eigenvalue weighted by Crippen LogP contribution is -2.43. The van der Waals surface area contributed by atoms with E-state index in [1.807, 2.05) is 0 Å². The van der Waals surface area contributed by atoms with Gasteiger partial charge in [0.05, 0.1) is 12.1 Å². The van der Waals surface area contributed by atoms with Crippen LogP contribution >= 0.6 is 24.8 Å². The van der Waals surface area contributed by atoms with Crippen LogP contribution in [0, 0.1) is 5.92 Å². The standard InChI is InChI=1S/C21H31N3O.2ClH/c1-15(16-8-6-9-18(13-16)24-11-4-5-12-24)22-21(25)20-14-17-7-2-3-10-19(17)23-20;;/h6,8-9,13,15,17,19-20,23H,2-5,7,10-12,14H2,1H3,(H,22,25);2*1H. The maximum absolute atomic E-state index is 12.7. The first-order valence-electron chi connectivity index (χ1n) is 10.1. The summed E-state index contributed by atoms with van der Waals surface area (Å²) in [7, 11) is 0. The molecule has 1 amide bonds. The Bertz CT molecular complexity index is 607. The molecule has 1 aliphatic carbocycles. The van der Waals surface area contributed by atoms with Crippen LogP contribution in [-0.4, -0.2) is 31.1 Å². The van der Waals surface area contributed by atoms with Crippen molar-refractivity contribution < 1.29 is 4.79 Å². The third-order valence-corrected chi connectivity index (χ3v) is 6.38. The van der Waals surface area contributed by atoms with Crippen molar-refractivity contribution in [3.8, 4) is 0 Å². The van der Waals surface area contributed by atoms with Crippen LogP contribution in [0.4, 0.5) is 5.69 Å². The van der Waals surface area contributed by atoms with E-state index in [1.54, 1.807) is 0 Å². The van der Waals surface area contributed by atoms with E-state index < -0.39 is 0 Å². The monoisotopic (exact) mass is 413 g/mol. The highest BCUT2D eigenvalue weighted by Gasteiger charge is 2.38. The lowest BCUT2D eigenvalue weighted by Gasteiger charge is -2.24. The minimum atomic E-state index is -0.00249. The van der Waals surface area contributed by atoms with Gasteiger partial charge in [0, 0.05) is 24.8 Å². The SMILES string of the molecule is CC(NC(=O)C1CC2CCCCC2N1)c1cccc(N2CCCC2)c1.Cl.Cl. The Kier molecular flexibility index (Phi) is 8.26. The Hall–Kier alpha value is -0.970. The summed E-state index contributed by atoms with van der Waals surface area (Å²) in [5.74, 6) is 0.881. The van der Waals surface area contributed by atoms with E-state index in [1.165, 1.54) is 49.8 Å². The summed E-state index contributed by atoms with van der Waals surface area (Å²) in [6, 6.07) is 9.31. The third-order valence-electron chi connectivity index (χ3n) is 6.38. The average molecular weight is 414 g/mol. The van der Waals surface area contributed by atoms with Gasteiger partial charge in [0.1, 0.15) is 0 Å². The lowest BCUT2D eigenvalue weighted by molar-refractivity contribution is -0.123. The maximum atomic E-state index is 12.7. The van der Waals surface area contributed by atoms with Gasteiger partial charge in [-0.3, -0.25) is 4.79 Å². The quantitative estimate of drug-likeness (QED) is 0.775. The zero-order valence-corrected chi connectivity index (χ0v) is 17.8. The van der Waals surface area contributed by atoms with Gasteiger partial charge in [-0.15, -0.1) is 24.8 Å². The minimum Gasteiger partial charge on any atom is -0.372 e. The topological polar surface area (TPSA) is 44.4 Å². The van der Waals surface area contributed by atoms with E-state index in [-0.39, 0.29) is 42.8 Å². The number of amides is 1. The van der Waals surface area contributed by atoms with Crippen LogP contribution in [0.5, 0.6) is 0 Å². The smallest absolute Gasteiger partial charge is 0.237 e. The summed E-state index contributed by atoms with van der Waals surface area (Å²) in [5.41, 5.74) is 2.49. The van der Waals surface area contributed by atoms with Crippen LogP contribution in [0.15, 0.2) is 24.3 Å². The Morgan fingerprint density at radius 1 is 1.15 bits per heavy atom. The zero-order chi connectivity index (χ0) is 17.2. The second-order valence-corrected chi connectivity index (χ2v) is 8.13. The molecule has 0 bridgehead atoms. The van der Waals surface area contributed by atoms with Gasteiger partial charge in [0.15, 0.2) is 0 Å². The van der Waals surface area contributed by atoms with Gasteiger partial charge >= 0.3 is 0 Å². The largest absolute Gasteiger partial charge is 0.372 e. The van der Waals surface area contributed by atoms with Crippen LogP contribution < -0.4 is 15.5 Å². The van der Waals surface area contributed by atoms with Crippen molar-refractivity contribution in [3.63, 3.8) is 0 Å². The van der Waals surface area contributed by atoms with Crippen molar-refractivity contribution in [3.05, 3.63) is 29.8 Å². The highest BCUT2D eigenvalue weighted by Crippen LogP contribution is 2.33. The van der Waals surface area contributed by atoms with E-state index in [9.17, 15) is 4.79 Å². The molecule has 2 aliphatic heterocycles. The summed E-state index contributed by atoms with van der Waals surface area (Å²) in [4.78, 5) is 15.2. The summed E-state index contributed by atoms with van der Waals surface area (Å²) >= 11 is 0. The molecule has 4 nitrogen and oxygen atoms in total. The molecule has 1 saturated carbocycles. The molecule has 2 saturated heterocycles. The normalized spacial score (nSPS) is 27.9. The van der Waals surface area contributed by atoms with Crippen molar-refractivity contribution in [1.29, 1.82) is 0 Å². The zero-order valence-electron chi connectivity index (χ0n) is 16.2. The second kappa shape index (κ2) is 9.99. The van der Waals surface area contributed by atoms with Crippen LogP contribution in [0.2, 0.25) is 0 Å². The molecule has 3 aliphatic rings. The molecule has 2 heterocycles. The van der Waals surface area contributed by atoms with Crippen molar-refractivity contribution in [1.82, 2.24) is 10.6 Å². The molecule has 0 radical (unpaired) electrons. The fourth-order valence-electron chi connectivity index (χ4n) is 4.88. The molecular formula is C21H33Cl2N3O. The number of hydrogen-bond donors (Lipinski definition) is 2. The van der Waals surface area contributed by atoms with Gasteiger partial charge in [0.25, 0.3) is 0 Å². The number of anilines is 1. The molecule has 152 valence electrons. The molecule has 0 aromatic heterocycles. The number of benzene rings is 1. The molecule has 27 heavy (non-hydrogen) atoms. The van der Waals surface area contributed by atoms with Gasteiger partial charge in [-0.05, 0) is 62.6 Å². The molecule has 6 heteroatoms. The van der Waals surface area contributed by atoms with Crippen molar-refractivity contribution in [2.24, 2.45) is 5.92 Å². The molecule has 0 spiro atoms. The summed E-state index contributed by atoms with van der Waals surface area (Å²) in [6.07, 6.45) is 8.74. The second-order valence-electron chi connectivity index (χ2n) is 8.13. The predicted octanol–water partition coefficient (Wildman–Crippen LogP) is 4.23. The molecule has 1 aromatic rings. The van der Waals surface area contributed by atoms with E-state index in [0.717, 1.165) is 19.5 Å². The van der Waals surface area contributed by atoms with Gasteiger partial charge < -0.3 is 15.5 Å². The minimum absolute atomic E-state index is 0. The first-order chi connectivity index (χ1) is 12.2. The van der Waals surface area contributed by atoms with Crippen molar-refractivity contribution >= 4 is 36.4 Å². The van der Waals surface area contributed by atoms with Crippen LogP contribution in [-0.2, 0) is 4.79 Å². The van der Waals surface area contributed by atoms with Gasteiger partial charge in [-0.2, -0.15) is 0 Å². The fraction of sp³-hybridized carbons (Fsp3) is 0.667. The summed E-state index contributed by atoms with van der Waals surface area (Å²) < 4.78 is 0. The Morgan fingerprint density at radius 3 is 2.63 bits per heavy atom. The summed E-state index contributed by atoms with van der Waals surface area (Å²) in [6.45, 7) is 4.40. The molecule has 1 aromatic carbocycles. The number of nitrogens with one attached hydrogen (secondary N) is 2. The van der Waals surface area contributed by atoms with Crippen molar-refractivity contribution in [2.45, 2.75) is 70.0 Å². The molecule has 4 unspecified atom stereocenters. The number of fused-ring (bicyclic) bond motifs is 1. The maximum Gasteiger partial charge on any atom is 0.237 e. The average Bonchev–Trinajstić information content (AvgIpc) is 3.31. The first kappa shape index (κ1) is 22.3. The third kappa shape index (κ3) is 5.10. The van der Waals surface area contributed by atoms with Crippen LogP contribution in [0.1, 0.15) is 63.5 Å². The number of halogens is 2. The highest BCUT2D eigenvalue weighted by atomic mass is 35.5. The Morgan fingerprint density at radius 2 is 1.89 bits per heavy atom. The van der Waals surface area contributed by atoms with E-state index in [4.69, 9.17) is 0 Å². The lowest BCUT2D eigenvalue weighted by atomic mass is 9.85. The van der Waals surface area contributed by atoms with E-state index in [2.05, 4.69) is 46.7 Å². The molecule has 4 atom stereocenters. The predicted molar refractivity (Wildman–Crippen MR) is 116 cm³/mol. The Labute approximate surface area is 175 Å².